The highest BCUT2D eigenvalue weighted by molar-refractivity contribution is 6.30. The third-order valence-electron chi connectivity index (χ3n) is 3.73. The number of nitrogens with one attached hydrogen (secondary N) is 1. The van der Waals surface area contributed by atoms with Crippen LogP contribution < -0.4 is 5.32 Å². The number of benzene rings is 1. The van der Waals surface area contributed by atoms with Gasteiger partial charge in [0, 0.05) is 37.1 Å². The fraction of sp³-hybridized carbons (Fsp3) is 0.250. The normalized spacial score (nSPS) is 17.5. The number of pyridine rings is 1. The molecule has 0 radical (unpaired) electrons. The van der Waals surface area contributed by atoms with Gasteiger partial charge in [-0.05, 0) is 29.8 Å². The summed E-state index contributed by atoms with van der Waals surface area (Å²) in [6.45, 7) is 1.81. The van der Waals surface area contributed by atoms with Gasteiger partial charge in [-0.25, -0.2) is 4.39 Å². The first-order valence-electron chi connectivity index (χ1n) is 7.03. The van der Waals surface area contributed by atoms with Gasteiger partial charge in [-0.3, -0.25) is 9.78 Å². The molecular formula is C16H16Cl2FN3O. The van der Waals surface area contributed by atoms with Crippen molar-refractivity contribution in [1.82, 2.24) is 15.2 Å². The van der Waals surface area contributed by atoms with Crippen molar-refractivity contribution in [3.63, 3.8) is 0 Å². The Morgan fingerprint density at radius 3 is 2.91 bits per heavy atom. The highest BCUT2D eigenvalue weighted by Crippen LogP contribution is 2.25. The Morgan fingerprint density at radius 1 is 1.39 bits per heavy atom. The number of rotatable bonds is 2. The predicted octanol–water partition coefficient (Wildman–Crippen LogP) is 3.08. The number of carbonyl (C=O) groups is 1. The van der Waals surface area contributed by atoms with Gasteiger partial charge in [0.25, 0.3) is 5.91 Å². The van der Waals surface area contributed by atoms with Crippen LogP contribution in [0.15, 0.2) is 42.7 Å². The number of aromatic nitrogens is 1. The van der Waals surface area contributed by atoms with Gasteiger partial charge in [-0.2, -0.15) is 0 Å². The third-order valence-corrected chi connectivity index (χ3v) is 3.97. The van der Waals surface area contributed by atoms with Crippen molar-refractivity contribution in [3.8, 4) is 0 Å². The zero-order valence-corrected chi connectivity index (χ0v) is 13.8. The first-order chi connectivity index (χ1) is 10.7. The molecule has 3 rings (SSSR count). The molecule has 0 saturated carbocycles. The maximum atomic E-state index is 14.0. The molecule has 1 saturated heterocycles. The summed E-state index contributed by atoms with van der Waals surface area (Å²) in [5.41, 5.74) is 0.970. The highest BCUT2D eigenvalue weighted by Gasteiger charge is 2.30. The van der Waals surface area contributed by atoms with Gasteiger partial charge in [-0.1, -0.05) is 17.7 Å². The van der Waals surface area contributed by atoms with Gasteiger partial charge >= 0.3 is 0 Å². The van der Waals surface area contributed by atoms with Crippen molar-refractivity contribution in [2.75, 3.05) is 19.6 Å². The molecule has 1 aliphatic heterocycles. The summed E-state index contributed by atoms with van der Waals surface area (Å²) in [7, 11) is 0. The van der Waals surface area contributed by atoms with E-state index in [1.807, 2.05) is 12.1 Å². The van der Waals surface area contributed by atoms with E-state index in [4.69, 9.17) is 11.6 Å². The van der Waals surface area contributed by atoms with E-state index in [1.54, 1.807) is 17.3 Å². The second kappa shape index (κ2) is 7.73. The van der Waals surface area contributed by atoms with Gasteiger partial charge in [0.2, 0.25) is 0 Å². The Bertz CT molecular complexity index is 684. The molecule has 1 aliphatic rings. The van der Waals surface area contributed by atoms with Crippen LogP contribution in [0.1, 0.15) is 22.0 Å². The van der Waals surface area contributed by atoms with Gasteiger partial charge in [0.1, 0.15) is 5.82 Å². The average molecular weight is 356 g/mol. The Hall–Kier alpha value is -1.69. The second-order valence-corrected chi connectivity index (χ2v) is 5.57. The lowest BCUT2D eigenvalue weighted by Gasteiger charge is -2.36. The summed E-state index contributed by atoms with van der Waals surface area (Å²) in [6.07, 6.45) is 3.42. The van der Waals surface area contributed by atoms with E-state index in [0.717, 1.165) is 11.6 Å². The zero-order valence-electron chi connectivity index (χ0n) is 12.2. The summed E-state index contributed by atoms with van der Waals surface area (Å²) in [6, 6.07) is 7.71. The monoisotopic (exact) mass is 355 g/mol. The minimum absolute atomic E-state index is 0. The van der Waals surface area contributed by atoms with Gasteiger partial charge in [-0.15, -0.1) is 12.4 Å². The molecule has 0 spiro atoms. The second-order valence-electron chi connectivity index (χ2n) is 5.13. The van der Waals surface area contributed by atoms with Crippen LogP contribution in [0.3, 0.4) is 0 Å². The summed E-state index contributed by atoms with van der Waals surface area (Å²) >= 11 is 5.75. The van der Waals surface area contributed by atoms with Crippen LogP contribution in [0, 0.1) is 5.82 Å². The molecule has 1 fully saturated rings. The van der Waals surface area contributed by atoms with Crippen molar-refractivity contribution in [2.24, 2.45) is 0 Å². The SMILES string of the molecule is Cl.O=C(c1ccc(Cl)cc1F)N1CCNCC1c1cccnc1. The number of nitrogens with zero attached hydrogens (tertiary/aromatic N) is 2. The topological polar surface area (TPSA) is 45.2 Å². The van der Waals surface area contributed by atoms with E-state index < -0.39 is 5.82 Å². The molecule has 2 heterocycles. The van der Waals surface area contributed by atoms with Gasteiger partial charge in [0.05, 0.1) is 11.6 Å². The van der Waals surface area contributed by atoms with Gasteiger partial charge < -0.3 is 10.2 Å². The van der Waals surface area contributed by atoms with Gasteiger partial charge in [0.15, 0.2) is 0 Å². The van der Waals surface area contributed by atoms with Crippen molar-refractivity contribution < 1.29 is 9.18 Å². The lowest BCUT2D eigenvalue weighted by Crippen LogP contribution is -2.48. The van der Waals surface area contributed by atoms with Crippen LogP contribution in [-0.4, -0.2) is 35.4 Å². The first kappa shape index (κ1) is 17.7. The van der Waals surface area contributed by atoms with Crippen molar-refractivity contribution in [1.29, 1.82) is 0 Å². The molecule has 2 aromatic rings. The minimum atomic E-state index is -0.596. The van der Waals surface area contributed by atoms with Crippen molar-refractivity contribution in [2.45, 2.75) is 6.04 Å². The zero-order chi connectivity index (χ0) is 15.5. The third kappa shape index (κ3) is 3.80. The molecule has 1 N–H and O–H groups in total. The predicted molar refractivity (Wildman–Crippen MR) is 89.5 cm³/mol. The molecule has 1 aromatic carbocycles. The molecule has 7 heteroatoms. The Labute approximate surface area is 145 Å². The van der Waals surface area contributed by atoms with E-state index >= 15 is 0 Å². The first-order valence-corrected chi connectivity index (χ1v) is 7.41. The summed E-state index contributed by atoms with van der Waals surface area (Å²) in [5.74, 6) is -0.925. The van der Waals surface area contributed by atoms with Crippen molar-refractivity contribution >= 4 is 29.9 Å². The van der Waals surface area contributed by atoms with E-state index in [9.17, 15) is 9.18 Å². The quantitative estimate of drug-likeness (QED) is 0.900. The van der Waals surface area contributed by atoms with Crippen molar-refractivity contribution in [3.05, 3.63) is 64.7 Å². The Morgan fingerprint density at radius 2 is 2.22 bits per heavy atom. The molecule has 23 heavy (non-hydrogen) atoms. The van der Waals surface area contributed by atoms with Crippen LogP contribution >= 0.6 is 24.0 Å². The van der Waals surface area contributed by atoms with E-state index in [-0.39, 0.29) is 34.9 Å². The minimum Gasteiger partial charge on any atom is -0.329 e. The van der Waals surface area contributed by atoms with E-state index in [0.29, 0.717) is 19.6 Å². The molecule has 1 unspecified atom stereocenters. The van der Waals surface area contributed by atoms with E-state index in [1.165, 1.54) is 12.1 Å². The molecule has 1 amide bonds. The molecule has 1 aromatic heterocycles. The van der Waals surface area contributed by atoms with Crippen LogP contribution in [0.25, 0.3) is 0 Å². The Kier molecular flexibility index (Phi) is 5.93. The maximum absolute atomic E-state index is 14.0. The lowest BCUT2D eigenvalue weighted by atomic mass is 10.0. The molecule has 0 aliphatic carbocycles. The lowest BCUT2D eigenvalue weighted by molar-refractivity contribution is 0.0629. The number of hydrogen-bond acceptors (Lipinski definition) is 3. The van der Waals surface area contributed by atoms with Crippen LogP contribution in [-0.2, 0) is 0 Å². The Balaban J connectivity index is 0.00000192. The number of halogens is 3. The number of piperazine rings is 1. The number of hydrogen-bond donors (Lipinski definition) is 1. The average Bonchev–Trinajstić information content (AvgIpc) is 2.55. The summed E-state index contributed by atoms with van der Waals surface area (Å²) in [4.78, 5) is 18.5. The molecule has 0 bridgehead atoms. The molecular weight excluding hydrogens is 340 g/mol. The van der Waals surface area contributed by atoms with Crippen LogP contribution in [0.2, 0.25) is 5.02 Å². The summed E-state index contributed by atoms with van der Waals surface area (Å²) in [5, 5.41) is 3.53. The molecule has 4 nitrogen and oxygen atoms in total. The fourth-order valence-electron chi connectivity index (χ4n) is 2.64. The fourth-order valence-corrected chi connectivity index (χ4v) is 2.79. The van der Waals surface area contributed by atoms with Crippen LogP contribution in [0.5, 0.6) is 0 Å². The largest absolute Gasteiger partial charge is 0.329 e. The standard InChI is InChI=1S/C16H15ClFN3O.ClH/c17-12-3-4-13(14(18)8-12)16(22)21-7-6-20-10-15(21)11-2-1-5-19-9-11;/h1-5,8-9,15,20H,6-7,10H2;1H. The van der Waals surface area contributed by atoms with E-state index in [2.05, 4.69) is 10.3 Å². The molecule has 1 atom stereocenters. The maximum Gasteiger partial charge on any atom is 0.257 e. The van der Waals surface area contributed by atoms with Crippen LogP contribution in [0.4, 0.5) is 4.39 Å². The summed E-state index contributed by atoms with van der Waals surface area (Å²) < 4.78 is 14.0. The highest BCUT2D eigenvalue weighted by atomic mass is 35.5. The number of amides is 1. The smallest absolute Gasteiger partial charge is 0.257 e. The molecule has 122 valence electrons. The number of carbonyl (C=O) groups excluding carboxylic acids is 1.